The predicted molar refractivity (Wildman–Crippen MR) is 82.2 cm³/mol. The van der Waals surface area contributed by atoms with Gasteiger partial charge >= 0.3 is 12.1 Å². The van der Waals surface area contributed by atoms with Crippen LogP contribution in [0.25, 0.3) is 0 Å². The van der Waals surface area contributed by atoms with Crippen molar-refractivity contribution >= 4 is 28.4 Å². The maximum absolute atomic E-state index is 12.4. The highest BCUT2D eigenvalue weighted by Crippen LogP contribution is 2.38. The van der Waals surface area contributed by atoms with Gasteiger partial charge in [0.15, 0.2) is 0 Å². The molecule has 0 aromatic carbocycles. The van der Waals surface area contributed by atoms with Crippen LogP contribution in [-0.2, 0) is 22.3 Å². The molecule has 0 saturated carbocycles. The Morgan fingerprint density at radius 1 is 1.19 bits per heavy atom. The SMILES string of the molecule is COC(=O)Nc1sc2c(c1C(=O)OC(C)C)CCCCC2. The monoisotopic (exact) mass is 311 g/mol. The lowest BCUT2D eigenvalue weighted by Gasteiger charge is -2.11. The summed E-state index contributed by atoms with van der Waals surface area (Å²) in [5, 5.41) is 3.19. The third kappa shape index (κ3) is 3.75. The van der Waals surface area contributed by atoms with E-state index in [-0.39, 0.29) is 12.1 Å². The normalized spacial score (nSPS) is 14.3. The molecule has 5 nitrogen and oxygen atoms in total. The molecule has 0 radical (unpaired) electrons. The predicted octanol–water partition coefficient (Wildman–Crippen LogP) is 3.76. The van der Waals surface area contributed by atoms with Crippen molar-refractivity contribution in [3.05, 3.63) is 16.0 Å². The van der Waals surface area contributed by atoms with E-state index in [0.29, 0.717) is 10.6 Å². The molecule has 0 aliphatic heterocycles. The number of methoxy groups -OCH3 is 1. The zero-order valence-corrected chi connectivity index (χ0v) is 13.5. The van der Waals surface area contributed by atoms with Gasteiger partial charge in [0, 0.05) is 4.88 Å². The number of nitrogens with one attached hydrogen (secondary N) is 1. The Balaban J connectivity index is 2.39. The second-order valence-corrected chi connectivity index (χ2v) is 6.44. The summed E-state index contributed by atoms with van der Waals surface area (Å²) in [6, 6.07) is 0. The molecule has 0 fully saturated rings. The summed E-state index contributed by atoms with van der Waals surface area (Å²) < 4.78 is 9.96. The minimum absolute atomic E-state index is 0.190. The number of esters is 1. The number of anilines is 1. The van der Waals surface area contributed by atoms with Crippen LogP contribution in [0.5, 0.6) is 0 Å². The molecule has 0 unspecified atom stereocenters. The van der Waals surface area contributed by atoms with Crippen LogP contribution < -0.4 is 5.32 Å². The average Bonchev–Trinajstić information content (AvgIpc) is 2.59. The molecule has 0 bridgehead atoms. The standard InChI is InChI=1S/C15H21NO4S/c1-9(2)20-14(17)12-10-7-5-4-6-8-11(10)21-13(12)16-15(18)19-3/h9H,4-8H2,1-3H3,(H,16,18). The van der Waals surface area contributed by atoms with Gasteiger partial charge < -0.3 is 9.47 Å². The number of fused-ring (bicyclic) bond motifs is 1. The van der Waals surface area contributed by atoms with Gasteiger partial charge in [-0.05, 0) is 45.1 Å². The zero-order valence-electron chi connectivity index (χ0n) is 12.7. The number of hydrogen-bond acceptors (Lipinski definition) is 5. The number of hydrogen-bond donors (Lipinski definition) is 1. The van der Waals surface area contributed by atoms with Crippen LogP contribution in [0.3, 0.4) is 0 Å². The highest BCUT2D eigenvalue weighted by molar-refractivity contribution is 7.17. The van der Waals surface area contributed by atoms with E-state index in [2.05, 4.69) is 10.1 Å². The summed E-state index contributed by atoms with van der Waals surface area (Å²) >= 11 is 1.46. The van der Waals surface area contributed by atoms with E-state index in [1.807, 2.05) is 13.8 Å². The number of carbonyl (C=O) groups excluding carboxylic acids is 2. The van der Waals surface area contributed by atoms with Crippen LogP contribution in [-0.4, -0.2) is 25.3 Å². The lowest BCUT2D eigenvalue weighted by atomic mass is 10.1. The van der Waals surface area contributed by atoms with Crippen molar-refractivity contribution in [1.29, 1.82) is 0 Å². The molecular weight excluding hydrogens is 290 g/mol. The van der Waals surface area contributed by atoms with Gasteiger partial charge in [-0.25, -0.2) is 9.59 Å². The van der Waals surface area contributed by atoms with Gasteiger partial charge in [0.05, 0.1) is 18.8 Å². The molecule has 0 saturated heterocycles. The number of thiophene rings is 1. The van der Waals surface area contributed by atoms with Crippen LogP contribution in [0.2, 0.25) is 0 Å². The molecule has 1 aliphatic rings. The fourth-order valence-electron chi connectivity index (χ4n) is 2.46. The van der Waals surface area contributed by atoms with E-state index < -0.39 is 6.09 Å². The molecule has 0 spiro atoms. The van der Waals surface area contributed by atoms with Gasteiger partial charge in [0.2, 0.25) is 0 Å². The molecule has 1 aliphatic carbocycles. The smallest absolute Gasteiger partial charge is 0.411 e. The molecule has 1 aromatic heterocycles. The van der Waals surface area contributed by atoms with Gasteiger partial charge in [-0.2, -0.15) is 0 Å². The molecule has 116 valence electrons. The van der Waals surface area contributed by atoms with Gasteiger partial charge in [-0.1, -0.05) is 6.42 Å². The summed E-state index contributed by atoms with van der Waals surface area (Å²) in [5.74, 6) is -0.365. The Hall–Kier alpha value is -1.56. The molecule has 1 N–H and O–H groups in total. The minimum Gasteiger partial charge on any atom is -0.459 e. The van der Waals surface area contributed by atoms with Crippen molar-refractivity contribution in [3.63, 3.8) is 0 Å². The van der Waals surface area contributed by atoms with Crippen LogP contribution >= 0.6 is 11.3 Å². The molecule has 1 amide bonds. The lowest BCUT2D eigenvalue weighted by molar-refractivity contribution is 0.0378. The first-order valence-corrected chi connectivity index (χ1v) is 8.05. The second kappa shape index (κ2) is 6.93. The molecule has 1 heterocycles. The zero-order chi connectivity index (χ0) is 15.4. The van der Waals surface area contributed by atoms with E-state index in [9.17, 15) is 9.59 Å². The first-order valence-electron chi connectivity index (χ1n) is 7.23. The van der Waals surface area contributed by atoms with Gasteiger partial charge in [-0.15, -0.1) is 11.3 Å². The number of carbonyl (C=O) groups is 2. The van der Waals surface area contributed by atoms with Crippen molar-refractivity contribution in [1.82, 2.24) is 0 Å². The molecule has 1 aromatic rings. The maximum atomic E-state index is 12.4. The third-order valence-electron chi connectivity index (χ3n) is 3.37. The van der Waals surface area contributed by atoms with Crippen LogP contribution in [0.4, 0.5) is 9.80 Å². The van der Waals surface area contributed by atoms with Crippen molar-refractivity contribution in [2.24, 2.45) is 0 Å². The summed E-state index contributed by atoms with van der Waals surface area (Å²) in [4.78, 5) is 25.0. The quantitative estimate of drug-likeness (QED) is 0.682. The lowest BCUT2D eigenvalue weighted by Crippen LogP contribution is -2.17. The average molecular weight is 311 g/mol. The summed E-state index contributed by atoms with van der Waals surface area (Å²) in [7, 11) is 1.31. The topological polar surface area (TPSA) is 64.6 Å². The van der Waals surface area contributed by atoms with E-state index >= 15 is 0 Å². The highest BCUT2D eigenvalue weighted by Gasteiger charge is 2.27. The first kappa shape index (κ1) is 15.8. The summed E-state index contributed by atoms with van der Waals surface area (Å²) in [5.41, 5.74) is 1.55. The summed E-state index contributed by atoms with van der Waals surface area (Å²) in [6.45, 7) is 3.63. The highest BCUT2D eigenvalue weighted by atomic mass is 32.1. The summed E-state index contributed by atoms with van der Waals surface area (Å²) in [6.07, 6.45) is 4.39. The van der Waals surface area contributed by atoms with Crippen molar-refractivity contribution < 1.29 is 19.1 Å². The van der Waals surface area contributed by atoms with E-state index in [4.69, 9.17) is 4.74 Å². The van der Waals surface area contributed by atoms with Gasteiger partial charge in [-0.3, -0.25) is 5.32 Å². The second-order valence-electron chi connectivity index (χ2n) is 5.34. The Labute approximate surface area is 128 Å². The van der Waals surface area contributed by atoms with Crippen molar-refractivity contribution in [3.8, 4) is 0 Å². The third-order valence-corrected chi connectivity index (χ3v) is 4.58. The van der Waals surface area contributed by atoms with Crippen molar-refractivity contribution in [2.45, 2.75) is 52.1 Å². The largest absolute Gasteiger partial charge is 0.459 e. The Bertz CT molecular complexity index is 536. The Morgan fingerprint density at radius 3 is 2.57 bits per heavy atom. The first-order chi connectivity index (χ1) is 10.0. The van der Waals surface area contributed by atoms with E-state index in [0.717, 1.165) is 31.2 Å². The van der Waals surface area contributed by atoms with Gasteiger partial charge in [0.25, 0.3) is 0 Å². The van der Waals surface area contributed by atoms with Gasteiger partial charge in [0.1, 0.15) is 5.00 Å². The Morgan fingerprint density at radius 2 is 1.90 bits per heavy atom. The molecule has 6 heteroatoms. The maximum Gasteiger partial charge on any atom is 0.411 e. The molecule has 2 rings (SSSR count). The molecule has 21 heavy (non-hydrogen) atoms. The number of ether oxygens (including phenoxy) is 2. The number of aryl methyl sites for hydroxylation is 1. The molecule has 0 atom stereocenters. The van der Waals surface area contributed by atoms with E-state index in [1.54, 1.807) is 0 Å². The van der Waals surface area contributed by atoms with Crippen molar-refractivity contribution in [2.75, 3.05) is 12.4 Å². The van der Waals surface area contributed by atoms with E-state index in [1.165, 1.54) is 29.7 Å². The fourth-order valence-corrected chi connectivity index (χ4v) is 3.73. The minimum atomic E-state index is -0.565. The molecular formula is C15H21NO4S. The fraction of sp³-hybridized carbons (Fsp3) is 0.600. The van der Waals surface area contributed by atoms with Crippen LogP contribution in [0.15, 0.2) is 0 Å². The number of amides is 1. The van der Waals surface area contributed by atoms with Crippen LogP contribution in [0, 0.1) is 0 Å². The Kier molecular flexibility index (Phi) is 5.22. The van der Waals surface area contributed by atoms with Crippen LogP contribution in [0.1, 0.15) is 53.9 Å². The number of rotatable bonds is 3.